The lowest BCUT2D eigenvalue weighted by Gasteiger charge is -2.06. The molecule has 2 aromatic rings. The van der Waals surface area contributed by atoms with Crippen LogP contribution >= 0.6 is 0 Å². The lowest BCUT2D eigenvalue weighted by Crippen LogP contribution is -2.30. The van der Waals surface area contributed by atoms with Crippen LogP contribution in [0.1, 0.15) is 5.76 Å². The maximum absolute atomic E-state index is 13.4. The van der Waals surface area contributed by atoms with Gasteiger partial charge in [0.05, 0.1) is 12.8 Å². The molecule has 1 aromatic carbocycles. The van der Waals surface area contributed by atoms with Crippen molar-refractivity contribution < 1.29 is 26.4 Å². The minimum atomic E-state index is -4.26. The first kappa shape index (κ1) is 15.2. The fraction of sp³-hybridized carbons (Fsp3) is 0.154. The van der Waals surface area contributed by atoms with Crippen LogP contribution in [-0.2, 0) is 21.2 Å². The van der Waals surface area contributed by atoms with Gasteiger partial charge < -0.3 is 9.73 Å². The van der Waals surface area contributed by atoms with E-state index in [1.807, 2.05) is 0 Å². The van der Waals surface area contributed by atoms with Gasteiger partial charge in [0.1, 0.15) is 28.0 Å². The van der Waals surface area contributed by atoms with E-state index in [-0.39, 0.29) is 6.54 Å². The molecule has 0 bridgehead atoms. The van der Waals surface area contributed by atoms with E-state index in [1.165, 1.54) is 6.26 Å². The van der Waals surface area contributed by atoms with E-state index in [0.29, 0.717) is 17.9 Å². The number of amides is 1. The second kappa shape index (κ2) is 6.04. The lowest BCUT2D eigenvalue weighted by molar-refractivity contribution is -0.118. The summed E-state index contributed by atoms with van der Waals surface area (Å²) in [4.78, 5) is 10.7. The molecule has 0 aliphatic rings. The van der Waals surface area contributed by atoms with Gasteiger partial charge in [-0.3, -0.25) is 4.79 Å². The molecule has 1 N–H and O–H groups in total. The summed E-state index contributed by atoms with van der Waals surface area (Å²) in [5, 5.41) is 2.32. The zero-order valence-corrected chi connectivity index (χ0v) is 11.5. The Morgan fingerprint density at radius 3 is 2.67 bits per heavy atom. The fourth-order valence-electron chi connectivity index (χ4n) is 1.62. The second-order valence-corrected chi connectivity index (χ2v) is 6.15. The summed E-state index contributed by atoms with van der Waals surface area (Å²) >= 11 is 0. The van der Waals surface area contributed by atoms with Crippen molar-refractivity contribution in [2.45, 2.75) is 11.4 Å². The summed E-state index contributed by atoms with van der Waals surface area (Å²) in [6.45, 7) is 0.00693. The fourth-order valence-corrected chi connectivity index (χ4v) is 2.88. The first-order valence-electron chi connectivity index (χ1n) is 5.85. The molecule has 0 fully saturated rings. The highest BCUT2D eigenvalue weighted by molar-refractivity contribution is 7.92. The van der Waals surface area contributed by atoms with Crippen molar-refractivity contribution >= 4 is 15.7 Å². The number of furan rings is 1. The Morgan fingerprint density at radius 2 is 2.00 bits per heavy atom. The van der Waals surface area contributed by atoms with Crippen LogP contribution in [0, 0.1) is 11.6 Å². The number of sulfone groups is 1. The number of carbonyl (C=O) groups excluding carboxylic acids is 1. The Hall–Kier alpha value is -2.22. The van der Waals surface area contributed by atoms with Crippen molar-refractivity contribution in [2.24, 2.45) is 0 Å². The zero-order chi connectivity index (χ0) is 15.5. The summed E-state index contributed by atoms with van der Waals surface area (Å²) in [6.07, 6.45) is 1.40. The lowest BCUT2D eigenvalue weighted by atomic mass is 10.3. The van der Waals surface area contributed by atoms with Gasteiger partial charge in [0.25, 0.3) is 0 Å². The molecule has 0 aliphatic heterocycles. The maximum atomic E-state index is 13.4. The maximum Gasteiger partial charge on any atom is 0.235 e. The van der Waals surface area contributed by atoms with Crippen LogP contribution < -0.4 is 5.32 Å². The van der Waals surface area contributed by atoms with Gasteiger partial charge in [-0.25, -0.2) is 17.2 Å². The molecule has 112 valence electrons. The van der Waals surface area contributed by atoms with E-state index >= 15 is 0 Å². The Labute approximate surface area is 119 Å². The Bertz CT molecular complexity index is 742. The van der Waals surface area contributed by atoms with Gasteiger partial charge in [-0.1, -0.05) is 0 Å². The van der Waals surface area contributed by atoms with E-state index in [2.05, 4.69) is 5.32 Å². The topological polar surface area (TPSA) is 76.4 Å². The molecule has 0 saturated heterocycles. The smallest absolute Gasteiger partial charge is 0.235 e. The summed E-state index contributed by atoms with van der Waals surface area (Å²) in [5.74, 6) is -3.37. The largest absolute Gasteiger partial charge is 0.467 e. The standard InChI is InChI=1S/C13H11F2NO4S/c14-9-3-4-11(15)12(6-9)21(18,19)8-13(17)16-7-10-2-1-5-20-10/h1-6H,7-8H2,(H,16,17). The van der Waals surface area contributed by atoms with Gasteiger partial charge >= 0.3 is 0 Å². The predicted molar refractivity (Wildman–Crippen MR) is 69.0 cm³/mol. The molecule has 21 heavy (non-hydrogen) atoms. The Kier molecular flexibility index (Phi) is 4.37. The molecule has 0 atom stereocenters. The molecular weight excluding hydrogens is 304 g/mol. The van der Waals surface area contributed by atoms with Gasteiger partial charge in [-0.15, -0.1) is 0 Å². The average Bonchev–Trinajstić information content (AvgIpc) is 2.92. The molecule has 0 unspecified atom stereocenters. The van der Waals surface area contributed by atoms with Crippen molar-refractivity contribution in [3.8, 4) is 0 Å². The number of nitrogens with one attached hydrogen (secondary N) is 1. The molecule has 1 amide bonds. The quantitative estimate of drug-likeness (QED) is 0.910. The highest BCUT2D eigenvalue weighted by Crippen LogP contribution is 2.17. The third-order valence-corrected chi connectivity index (χ3v) is 4.21. The molecule has 0 spiro atoms. The first-order chi connectivity index (χ1) is 9.88. The van der Waals surface area contributed by atoms with E-state index in [9.17, 15) is 22.0 Å². The van der Waals surface area contributed by atoms with Crippen LogP contribution in [0.4, 0.5) is 8.78 Å². The van der Waals surface area contributed by atoms with E-state index < -0.39 is 38.0 Å². The van der Waals surface area contributed by atoms with Crippen LogP contribution in [0.5, 0.6) is 0 Å². The van der Waals surface area contributed by atoms with E-state index in [0.717, 1.165) is 6.07 Å². The normalized spacial score (nSPS) is 11.3. The summed E-state index contributed by atoms with van der Waals surface area (Å²) < 4.78 is 55.2. The number of hydrogen-bond donors (Lipinski definition) is 1. The Balaban J connectivity index is 2.06. The van der Waals surface area contributed by atoms with Gasteiger partial charge in [0.15, 0.2) is 9.84 Å². The molecule has 2 rings (SSSR count). The summed E-state index contributed by atoms with van der Waals surface area (Å²) in [7, 11) is -4.26. The SMILES string of the molecule is O=C(CS(=O)(=O)c1cc(F)ccc1F)NCc1ccco1. The third-order valence-electron chi connectivity index (χ3n) is 2.59. The van der Waals surface area contributed by atoms with Crippen LogP contribution in [0.15, 0.2) is 45.9 Å². The molecule has 0 saturated carbocycles. The molecule has 0 aliphatic carbocycles. The molecule has 8 heteroatoms. The zero-order valence-electron chi connectivity index (χ0n) is 10.7. The van der Waals surface area contributed by atoms with Crippen molar-refractivity contribution in [3.63, 3.8) is 0 Å². The van der Waals surface area contributed by atoms with Gasteiger partial charge in [0.2, 0.25) is 5.91 Å². The number of rotatable bonds is 5. The molecule has 1 heterocycles. The Morgan fingerprint density at radius 1 is 1.24 bits per heavy atom. The predicted octanol–water partition coefficient (Wildman–Crippen LogP) is 1.65. The van der Waals surface area contributed by atoms with Crippen LogP contribution in [0.2, 0.25) is 0 Å². The summed E-state index contributed by atoms with van der Waals surface area (Å²) in [5.41, 5.74) is 0. The van der Waals surface area contributed by atoms with Crippen molar-refractivity contribution in [3.05, 3.63) is 54.0 Å². The van der Waals surface area contributed by atoms with E-state index in [1.54, 1.807) is 12.1 Å². The highest BCUT2D eigenvalue weighted by atomic mass is 32.2. The molecular formula is C13H11F2NO4S. The number of hydrogen-bond acceptors (Lipinski definition) is 4. The van der Waals surface area contributed by atoms with Crippen LogP contribution in [0.3, 0.4) is 0 Å². The van der Waals surface area contributed by atoms with Crippen molar-refractivity contribution in [1.82, 2.24) is 5.32 Å². The van der Waals surface area contributed by atoms with Crippen LogP contribution in [0.25, 0.3) is 0 Å². The minimum absolute atomic E-state index is 0.00693. The molecule has 1 aromatic heterocycles. The third kappa shape index (κ3) is 3.88. The van der Waals surface area contributed by atoms with Gasteiger partial charge in [0, 0.05) is 0 Å². The summed E-state index contributed by atoms with van der Waals surface area (Å²) in [6, 6.07) is 5.25. The second-order valence-electron chi connectivity index (χ2n) is 4.19. The van der Waals surface area contributed by atoms with E-state index in [4.69, 9.17) is 4.42 Å². The number of halogens is 2. The monoisotopic (exact) mass is 315 g/mol. The van der Waals surface area contributed by atoms with Crippen LogP contribution in [-0.4, -0.2) is 20.1 Å². The number of benzene rings is 1. The minimum Gasteiger partial charge on any atom is -0.467 e. The average molecular weight is 315 g/mol. The van der Waals surface area contributed by atoms with Crippen molar-refractivity contribution in [1.29, 1.82) is 0 Å². The molecule has 5 nitrogen and oxygen atoms in total. The van der Waals surface area contributed by atoms with Gasteiger partial charge in [-0.05, 0) is 30.3 Å². The number of carbonyl (C=O) groups is 1. The van der Waals surface area contributed by atoms with Crippen molar-refractivity contribution in [2.75, 3.05) is 5.75 Å². The first-order valence-corrected chi connectivity index (χ1v) is 7.50. The molecule has 0 radical (unpaired) electrons. The highest BCUT2D eigenvalue weighted by Gasteiger charge is 2.23. The van der Waals surface area contributed by atoms with Gasteiger partial charge in [-0.2, -0.15) is 0 Å².